The van der Waals surface area contributed by atoms with Gasteiger partial charge in [0.25, 0.3) is 5.91 Å². The number of anilines is 1. The lowest BCUT2D eigenvalue weighted by Gasteiger charge is -2.36. The largest absolute Gasteiger partial charge is 0.497 e. The highest BCUT2D eigenvalue weighted by Crippen LogP contribution is 2.37. The number of benzene rings is 4. The Kier molecular flexibility index (Phi) is 6.32. The summed E-state index contributed by atoms with van der Waals surface area (Å²) in [5.74, 6) is 1.77. The zero-order chi connectivity index (χ0) is 27.8. The molecule has 0 spiro atoms. The number of methoxy groups -OCH3 is 1. The van der Waals surface area contributed by atoms with Gasteiger partial charge in [0.05, 0.1) is 12.5 Å². The zero-order valence-electron chi connectivity index (χ0n) is 22.8. The number of aromatic nitrogens is 3. The molecule has 0 atom stereocenters. The molecule has 0 aliphatic carbocycles. The molecule has 2 aromatic heterocycles. The van der Waals surface area contributed by atoms with Gasteiger partial charge < -0.3 is 19.1 Å². The molecule has 1 fully saturated rings. The Morgan fingerprint density at radius 3 is 2.29 bits per heavy atom. The van der Waals surface area contributed by atoms with Crippen molar-refractivity contribution in [3.8, 4) is 22.6 Å². The summed E-state index contributed by atoms with van der Waals surface area (Å²) in [4.78, 5) is 27.4. The lowest BCUT2D eigenvalue weighted by atomic mass is 10.0. The van der Waals surface area contributed by atoms with E-state index in [1.807, 2.05) is 89.8 Å². The summed E-state index contributed by atoms with van der Waals surface area (Å²) in [5, 5.41) is 3.07. The Morgan fingerprint density at radius 2 is 1.51 bits per heavy atom. The summed E-state index contributed by atoms with van der Waals surface area (Å²) in [6.45, 7) is 2.61. The molecule has 1 aliphatic rings. The quantitative estimate of drug-likeness (QED) is 0.261. The maximum Gasteiger partial charge on any atom is 0.254 e. The van der Waals surface area contributed by atoms with Crippen molar-refractivity contribution in [2.24, 2.45) is 0 Å². The van der Waals surface area contributed by atoms with Crippen LogP contribution in [0.1, 0.15) is 10.4 Å². The maximum atomic E-state index is 13.6. The van der Waals surface area contributed by atoms with E-state index in [2.05, 4.69) is 27.8 Å². The minimum atomic E-state index is 0.0740. The molecule has 1 amide bonds. The average molecular weight is 540 g/mol. The fraction of sp³-hybridized carbons (Fsp3) is 0.147. The molecule has 0 radical (unpaired) electrons. The van der Waals surface area contributed by atoms with Crippen LogP contribution in [0.5, 0.6) is 5.75 Å². The van der Waals surface area contributed by atoms with Crippen LogP contribution in [0.2, 0.25) is 0 Å². The van der Waals surface area contributed by atoms with Gasteiger partial charge in [0.1, 0.15) is 17.9 Å². The third-order valence-corrected chi connectivity index (χ3v) is 7.88. The molecule has 0 unspecified atom stereocenters. The van der Waals surface area contributed by atoms with E-state index in [1.54, 1.807) is 13.4 Å². The SMILES string of the molecule is COc1ccc(-n2cc(-c3ccccc3)c3c(N4CCN(C(=O)c5cccc6ccccc56)CC4)ncnc32)cc1. The number of piperazine rings is 1. The Hall–Kier alpha value is -5.17. The minimum absolute atomic E-state index is 0.0740. The number of carbonyl (C=O) groups is 1. The van der Waals surface area contributed by atoms with Crippen molar-refractivity contribution in [2.75, 3.05) is 38.2 Å². The van der Waals surface area contributed by atoms with E-state index < -0.39 is 0 Å². The summed E-state index contributed by atoms with van der Waals surface area (Å²) in [5.41, 5.74) is 4.76. The number of hydrogen-bond acceptors (Lipinski definition) is 5. The van der Waals surface area contributed by atoms with Crippen LogP contribution in [0.4, 0.5) is 5.82 Å². The van der Waals surface area contributed by atoms with E-state index in [1.165, 1.54) is 0 Å². The molecular weight excluding hydrogens is 510 g/mol. The predicted octanol–water partition coefficient (Wildman–Crippen LogP) is 6.21. The van der Waals surface area contributed by atoms with Crippen molar-refractivity contribution < 1.29 is 9.53 Å². The van der Waals surface area contributed by atoms with Gasteiger partial charge in [0.15, 0.2) is 5.65 Å². The molecule has 0 bridgehead atoms. The molecule has 3 heterocycles. The number of hydrogen-bond donors (Lipinski definition) is 0. The molecule has 0 N–H and O–H groups in total. The van der Waals surface area contributed by atoms with Gasteiger partial charge in [-0.3, -0.25) is 4.79 Å². The number of rotatable bonds is 5. The molecule has 1 aliphatic heterocycles. The zero-order valence-corrected chi connectivity index (χ0v) is 22.8. The van der Waals surface area contributed by atoms with Gasteiger partial charge in [-0.1, -0.05) is 66.7 Å². The normalized spacial score (nSPS) is 13.6. The van der Waals surface area contributed by atoms with Crippen LogP contribution < -0.4 is 9.64 Å². The Labute approximate surface area is 238 Å². The van der Waals surface area contributed by atoms with Crippen LogP contribution in [0.25, 0.3) is 38.6 Å². The number of amides is 1. The van der Waals surface area contributed by atoms with Gasteiger partial charge in [-0.2, -0.15) is 0 Å². The maximum absolute atomic E-state index is 13.6. The van der Waals surface area contributed by atoms with Gasteiger partial charge in [0, 0.05) is 49.2 Å². The third kappa shape index (κ3) is 4.45. The second kappa shape index (κ2) is 10.4. The van der Waals surface area contributed by atoms with Crippen LogP contribution >= 0.6 is 0 Å². The molecule has 202 valence electrons. The van der Waals surface area contributed by atoms with E-state index in [9.17, 15) is 4.79 Å². The first kappa shape index (κ1) is 24.8. The van der Waals surface area contributed by atoms with E-state index in [4.69, 9.17) is 14.7 Å². The molecule has 7 heteroatoms. The van der Waals surface area contributed by atoms with Crippen molar-refractivity contribution in [1.29, 1.82) is 0 Å². The monoisotopic (exact) mass is 539 g/mol. The summed E-state index contributed by atoms with van der Waals surface area (Å²) in [6.07, 6.45) is 3.78. The molecule has 0 saturated carbocycles. The molecule has 6 aromatic rings. The molecule has 7 rings (SSSR count). The Balaban J connectivity index is 1.23. The van der Waals surface area contributed by atoms with Gasteiger partial charge in [-0.05, 0) is 46.7 Å². The molecule has 7 nitrogen and oxygen atoms in total. The van der Waals surface area contributed by atoms with Crippen LogP contribution in [0.15, 0.2) is 110 Å². The van der Waals surface area contributed by atoms with Crippen molar-refractivity contribution >= 4 is 33.5 Å². The molecule has 1 saturated heterocycles. The van der Waals surface area contributed by atoms with Gasteiger partial charge in [-0.15, -0.1) is 0 Å². The van der Waals surface area contributed by atoms with E-state index in [0.717, 1.165) is 55.8 Å². The van der Waals surface area contributed by atoms with Crippen LogP contribution in [0, 0.1) is 0 Å². The highest BCUT2D eigenvalue weighted by atomic mass is 16.5. The third-order valence-electron chi connectivity index (χ3n) is 7.88. The second-order valence-electron chi connectivity index (χ2n) is 10.2. The van der Waals surface area contributed by atoms with Crippen molar-refractivity contribution in [1.82, 2.24) is 19.4 Å². The molecule has 41 heavy (non-hydrogen) atoms. The van der Waals surface area contributed by atoms with Crippen LogP contribution in [-0.4, -0.2) is 58.6 Å². The fourth-order valence-corrected chi connectivity index (χ4v) is 5.77. The fourth-order valence-electron chi connectivity index (χ4n) is 5.77. The number of ether oxygens (including phenoxy) is 1. The van der Waals surface area contributed by atoms with Gasteiger partial charge >= 0.3 is 0 Å². The molecular formula is C34H29N5O2. The Morgan fingerprint density at radius 1 is 0.780 bits per heavy atom. The predicted molar refractivity (Wildman–Crippen MR) is 163 cm³/mol. The summed E-state index contributed by atoms with van der Waals surface area (Å²) >= 11 is 0. The topological polar surface area (TPSA) is 63.5 Å². The Bertz CT molecular complexity index is 1850. The number of fused-ring (bicyclic) bond motifs is 2. The van der Waals surface area contributed by atoms with Crippen LogP contribution in [0.3, 0.4) is 0 Å². The first-order valence-electron chi connectivity index (χ1n) is 13.8. The summed E-state index contributed by atoms with van der Waals surface area (Å²) in [7, 11) is 1.67. The minimum Gasteiger partial charge on any atom is -0.497 e. The lowest BCUT2D eigenvalue weighted by molar-refractivity contribution is 0.0748. The number of carbonyl (C=O) groups excluding carboxylic acids is 1. The average Bonchev–Trinajstić information content (AvgIpc) is 3.45. The highest BCUT2D eigenvalue weighted by molar-refractivity contribution is 6.07. The second-order valence-corrected chi connectivity index (χ2v) is 10.2. The van der Waals surface area contributed by atoms with Crippen LogP contribution in [-0.2, 0) is 0 Å². The van der Waals surface area contributed by atoms with E-state index in [0.29, 0.717) is 26.2 Å². The van der Waals surface area contributed by atoms with Crippen molar-refractivity contribution in [3.05, 3.63) is 115 Å². The first-order chi connectivity index (χ1) is 20.2. The van der Waals surface area contributed by atoms with Crippen molar-refractivity contribution in [3.63, 3.8) is 0 Å². The first-order valence-corrected chi connectivity index (χ1v) is 13.8. The molecule has 4 aromatic carbocycles. The standard InChI is InChI=1S/C34H29N5O2/c1-41-27-16-14-26(15-17-27)39-22-30(25-8-3-2-4-9-25)31-32(35-23-36-33(31)39)37-18-20-38(21-19-37)34(40)29-13-7-11-24-10-5-6-12-28(24)29/h2-17,22-23H,18-21H2,1H3. The van der Waals surface area contributed by atoms with E-state index in [-0.39, 0.29) is 5.91 Å². The van der Waals surface area contributed by atoms with E-state index >= 15 is 0 Å². The van der Waals surface area contributed by atoms with Gasteiger partial charge in [-0.25, -0.2) is 9.97 Å². The lowest BCUT2D eigenvalue weighted by Crippen LogP contribution is -2.49. The van der Waals surface area contributed by atoms with Gasteiger partial charge in [0.2, 0.25) is 0 Å². The van der Waals surface area contributed by atoms with Crippen molar-refractivity contribution in [2.45, 2.75) is 0 Å². The number of nitrogens with zero attached hydrogens (tertiary/aromatic N) is 5. The smallest absolute Gasteiger partial charge is 0.254 e. The summed E-state index contributed by atoms with van der Waals surface area (Å²) in [6, 6.07) is 32.3. The highest BCUT2D eigenvalue weighted by Gasteiger charge is 2.27. The summed E-state index contributed by atoms with van der Waals surface area (Å²) < 4.78 is 7.48.